The zero-order valence-corrected chi connectivity index (χ0v) is 20.0. The van der Waals surface area contributed by atoms with Gasteiger partial charge in [0, 0.05) is 50.5 Å². The third-order valence-corrected chi connectivity index (χ3v) is 6.03. The van der Waals surface area contributed by atoms with Gasteiger partial charge in [-0.1, -0.05) is 11.6 Å². The molecule has 3 aromatic rings. The summed E-state index contributed by atoms with van der Waals surface area (Å²) in [5, 5.41) is 11.1. The third-order valence-electron chi connectivity index (χ3n) is 5.75. The number of aliphatic carboxylic acids is 1. The Morgan fingerprint density at radius 2 is 1.78 bits per heavy atom. The Morgan fingerprint density at radius 3 is 2.41 bits per heavy atom. The van der Waals surface area contributed by atoms with Crippen molar-refractivity contribution in [3.8, 4) is 0 Å². The molecule has 1 saturated carbocycles. The van der Waals surface area contributed by atoms with Crippen molar-refractivity contribution >= 4 is 40.2 Å². The second-order valence-corrected chi connectivity index (χ2v) is 9.01. The molecule has 3 heterocycles. The molecule has 5 rings (SSSR count). The maximum absolute atomic E-state index is 14.0. The lowest BCUT2D eigenvalue weighted by molar-refractivity contribution is -0.192. The van der Waals surface area contributed by atoms with Gasteiger partial charge in [-0.2, -0.15) is 13.2 Å². The molecule has 1 aliphatic heterocycles. The van der Waals surface area contributed by atoms with Crippen LogP contribution in [0.4, 0.5) is 33.6 Å². The first-order chi connectivity index (χ1) is 17.5. The fourth-order valence-corrected chi connectivity index (χ4v) is 3.90. The largest absolute Gasteiger partial charge is 0.490 e. The summed E-state index contributed by atoms with van der Waals surface area (Å²) < 4.78 is 59.2. The molecule has 0 bridgehead atoms. The summed E-state index contributed by atoms with van der Waals surface area (Å²) in [5.41, 5.74) is 1.67. The fraction of sp³-hybridized carbons (Fsp3) is 0.391. The zero-order valence-electron chi connectivity index (χ0n) is 19.3. The van der Waals surface area contributed by atoms with E-state index in [4.69, 9.17) is 31.5 Å². The number of nitrogens with one attached hydrogen (secondary N) is 1. The second-order valence-electron chi connectivity index (χ2n) is 8.61. The van der Waals surface area contributed by atoms with Crippen LogP contribution < -0.4 is 10.2 Å². The summed E-state index contributed by atoms with van der Waals surface area (Å²) in [6, 6.07) is 4.02. The zero-order chi connectivity index (χ0) is 26.7. The molecule has 2 aromatic heterocycles. The molecule has 1 saturated heterocycles. The van der Waals surface area contributed by atoms with Gasteiger partial charge in [-0.05, 0) is 31.0 Å². The van der Waals surface area contributed by atoms with E-state index in [2.05, 4.69) is 20.1 Å². The van der Waals surface area contributed by atoms with Crippen LogP contribution in [-0.2, 0) is 11.3 Å². The van der Waals surface area contributed by atoms with Gasteiger partial charge in [-0.15, -0.1) is 0 Å². The van der Waals surface area contributed by atoms with Crippen molar-refractivity contribution in [3.63, 3.8) is 0 Å². The quantitative estimate of drug-likeness (QED) is 0.454. The molecule has 1 aliphatic carbocycles. The number of piperazine rings is 1. The summed E-state index contributed by atoms with van der Waals surface area (Å²) in [4.78, 5) is 26.9. The smallest absolute Gasteiger partial charge is 0.475 e. The number of rotatable bonds is 5. The highest BCUT2D eigenvalue weighted by Gasteiger charge is 2.38. The van der Waals surface area contributed by atoms with E-state index in [0.29, 0.717) is 60.4 Å². The number of nitrogens with zero attached hydrogens (tertiary/aromatic N) is 5. The topological polar surface area (TPSA) is 94.5 Å². The summed E-state index contributed by atoms with van der Waals surface area (Å²) in [6.07, 6.45) is 0.400. The lowest BCUT2D eigenvalue weighted by Crippen LogP contribution is -2.46. The Hall–Kier alpha value is -3.32. The van der Waals surface area contributed by atoms with Crippen molar-refractivity contribution in [2.75, 3.05) is 36.4 Å². The van der Waals surface area contributed by atoms with E-state index in [-0.39, 0.29) is 5.82 Å². The number of carbonyl (C=O) groups is 1. The van der Waals surface area contributed by atoms with Crippen molar-refractivity contribution < 1.29 is 31.9 Å². The van der Waals surface area contributed by atoms with Crippen molar-refractivity contribution in [3.05, 3.63) is 52.8 Å². The van der Waals surface area contributed by atoms with Gasteiger partial charge < -0.3 is 15.3 Å². The van der Waals surface area contributed by atoms with E-state index in [1.54, 1.807) is 12.4 Å². The standard InChI is InChI=1S/C21H21ClF2N6.C2HF3O2/c22-16-10-25-11-18-19(16)28-20(26-15-2-3-15)21(27-18)30-7-5-29(6-8-30)12-13-9-14(23)1-4-17(13)24;3-2(4,5)1(6)7/h1,4,9-11,15H,2-3,5-8,12H2,(H,26,28);(H,6,7). The molecule has 0 atom stereocenters. The summed E-state index contributed by atoms with van der Waals surface area (Å²) in [7, 11) is 0. The number of anilines is 2. The molecule has 0 spiro atoms. The van der Waals surface area contributed by atoms with Crippen LogP contribution in [0, 0.1) is 11.6 Å². The fourth-order valence-electron chi connectivity index (χ4n) is 3.70. The van der Waals surface area contributed by atoms with Gasteiger partial charge in [0.2, 0.25) is 0 Å². The van der Waals surface area contributed by atoms with E-state index in [1.807, 2.05) is 0 Å². The number of fused-ring (bicyclic) bond motifs is 1. The van der Waals surface area contributed by atoms with Gasteiger partial charge in [-0.3, -0.25) is 9.88 Å². The molecule has 1 aromatic carbocycles. The Morgan fingerprint density at radius 1 is 1.11 bits per heavy atom. The van der Waals surface area contributed by atoms with Crippen molar-refractivity contribution in [1.82, 2.24) is 19.9 Å². The lowest BCUT2D eigenvalue weighted by atomic mass is 10.1. The normalized spacial score (nSPS) is 16.3. The SMILES string of the molecule is Fc1ccc(F)c(CN2CCN(c3nc4cncc(Cl)c4nc3NC3CC3)CC2)c1.O=C(O)C(F)(F)F. The number of alkyl halides is 3. The number of benzene rings is 1. The van der Waals surface area contributed by atoms with Gasteiger partial charge in [-0.25, -0.2) is 23.5 Å². The molecule has 8 nitrogen and oxygen atoms in total. The average molecular weight is 545 g/mol. The number of hydrogen-bond donors (Lipinski definition) is 2. The Balaban J connectivity index is 0.000000405. The first kappa shape index (κ1) is 26.7. The van der Waals surface area contributed by atoms with Gasteiger partial charge in [0.05, 0.1) is 11.2 Å². The van der Waals surface area contributed by atoms with Crippen LogP contribution in [-0.4, -0.2) is 69.3 Å². The van der Waals surface area contributed by atoms with Crippen LogP contribution in [0.2, 0.25) is 5.02 Å². The number of hydrogen-bond acceptors (Lipinski definition) is 7. The summed E-state index contributed by atoms with van der Waals surface area (Å²) in [6.45, 7) is 3.24. The first-order valence-corrected chi connectivity index (χ1v) is 11.7. The number of halogens is 6. The van der Waals surface area contributed by atoms with Crippen LogP contribution in [0.3, 0.4) is 0 Å². The molecular weight excluding hydrogens is 523 g/mol. The highest BCUT2D eigenvalue weighted by Crippen LogP contribution is 2.32. The number of carboxylic acid groups (broad SMARTS) is 1. The van der Waals surface area contributed by atoms with Crippen LogP contribution in [0.15, 0.2) is 30.6 Å². The lowest BCUT2D eigenvalue weighted by Gasteiger charge is -2.36. The monoisotopic (exact) mass is 544 g/mol. The predicted octanol–water partition coefficient (Wildman–Crippen LogP) is 4.49. The van der Waals surface area contributed by atoms with E-state index >= 15 is 0 Å². The van der Waals surface area contributed by atoms with E-state index in [0.717, 1.165) is 30.5 Å². The minimum Gasteiger partial charge on any atom is -0.475 e. The van der Waals surface area contributed by atoms with Crippen molar-refractivity contribution in [2.45, 2.75) is 31.6 Å². The molecule has 198 valence electrons. The second kappa shape index (κ2) is 11.0. The van der Waals surface area contributed by atoms with Crippen molar-refractivity contribution in [1.29, 1.82) is 0 Å². The highest BCUT2D eigenvalue weighted by atomic mass is 35.5. The maximum atomic E-state index is 14.0. The Kier molecular flexibility index (Phi) is 7.93. The molecule has 2 fully saturated rings. The molecule has 37 heavy (non-hydrogen) atoms. The molecule has 0 amide bonds. The van der Waals surface area contributed by atoms with E-state index in [1.165, 1.54) is 12.1 Å². The molecule has 0 radical (unpaired) electrons. The highest BCUT2D eigenvalue weighted by molar-refractivity contribution is 6.34. The number of carboxylic acids is 1. The molecule has 0 unspecified atom stereocenters. The number of aromatic nitrogens is 3. The van der Waals surface area contributed by atoms with Crippen molar-refractivity contribution in [2.24, 2.45) is 0 Å². The van der Waals surface area contributed by atoms with Crippen LogP contribution in [0.1, 0.15) is 18.4 Å². The summed E-state index contributed by atoms with van der Waals surface area (Å²) in [5.74, 6) is -2.02. The Labute approximate surface area is 213 Å². The van der Waals surface area contributed by atoms with Crippen LogP contribution >= 0.6 is 11.6 Å². The number of pyridine rings is 1. The third kappa shape index (κ3) is 6.92. The molecular formula is C23H22ClF5N6O2. The average Bonchev–Trinajstić information content (AvgIpc) is 3.66. The van der Waals surface area contributed by atoms with Crippen LogP contribution in [0.25, 0.3) is 11.0 Å². The maximum Gasteiger partial charge on any atom is 0.490 e. The Bertz CT molecular complexity index is 1280. The molecule has 2 aliphatic rings. The van der Waals surface area contributed by atoms with Gasteiger partial charge in [0.1, 0.15) is 22.7 Å². The summed E-state index contributed by atoms with van der Waals surface area (Å²) >= 11 is 6.27. The van der Waals surface area contributed by atoms with E-state index in [9.17, 15) is 22.0 Å². The van der Waals surface area contributed by atoms with Crippen LogP contribution in [0.5, 0.6) is 0 Å². The van der Waals surface area contributed by atoms with Gasteiger partial charge >= 0.3 is 12.1 Å². The molecule has 14 heteroatoms. The first-order valence-electron chi connectivity index (χ1n) is 11.3. The minimum absolute atomic E-state index is 0.375. The molecule has 2 N–H and O–H groups in total. The van der Waals surface area contributed by atoms with Gasteiger partial charge in [0.25, 0.3) is 0 Å². The van der Waals surface area contributed by atoms with Gasteiger partial charge in [0.15, 0.2) is 11.6 Å². The minimum atomic E-state index is -5.08. The van der Waals surface area contributed by atoms with E-state index < -0.39 is 18.0 Å². The predicted molar refractivity (Wildman–Crippen MR) is 127 cm³/mol.